The molecule has 1 aromatic carbocycles. The van der Waals surface area contributed by atoms with Crippen LogP contribution in [0, 0.1) is 5.92 Å². The van der Waals surface area contributed by atoms with E-state index in [2.05, 4.69) is 5.32 Å². The summed E-state index contributed by atoms with van der Waals surface area (Å²) >= 11 is 0. The van der Waals surface area contributed by atoms with Crippen LogP contribution in [0.25, 0.3) is 0 Å². The predicted molar refractivity (Wildman–Crippen MR) is 95.1 cm³/mol. The van der Waals surface area contributed by atoms with Crippen molar-refractivity contribution in [3.05, 3.63) is 35.9 Å². The normalized spacial score (nSPS) is 24.2. The summed E-state index contributed by atoms with van der Waals surface area (Å²) in [7, 11) is 0. The van der Waals surface area contributed by atoms with Crippen molar-refractivity contribution in [3.8, 4) is 0 Å². The molecule has 1 aromatic rings. The Balaban J connectivity index is 1.44. The van der Waals surface area contributed by atoms with Gasteiger partial charge in [-0.05, 0) is 31.5 Å². The molecule has 3 saturated heterocycles. The van der Waals surface area contributed by atoms with Gasteiger partial charge in [-0.1, -0.05) is 30.3 Å². The Bertz CT molecular complexity index is 702. The molecule has 3 aliphatic heterocycles. The zero-order valence-corrected chi connectivity index (χ0v) is 14.8. The quantitative estimate of drug-likeness (QED) is 0.808. The monoisotopic (exact) mass is 356 g/mol. The van der Waals surface area contributed by atoms with Crippen LogP contribution in [0.3, 0.4) is 0 Å². The number of carbonyl (C=O) groups is 3. The van der Waals surface area contributed by atoms with Gasteiger partial charge in [0, 0.05) is 19.0 Å². The molecule has 3 heterocycles. The van der Waals surface area contributed by atoms with E-state index in [9.17, 15) is 14.4 Å². The van der Waals surface area contributed by atoms with Gasteiger partial charge in [0.25, 0.3) is 5.91 Å². The molecule has 3 aliphatic rings. The molecule has 26 heavy (non-hydrogen) atoms. The van der Waals surface area contributed by atoms with Crippen molar-refractivity contribution in [1.29, 1.82) is 0 Å². The van der Waals surface area contributed by atoms with Gasteiger partial charge in [0.05, 0.1) is 13.1 Å². The van der Waals surface area contributed by atoms with Gasteiger partial charge >= 0.3 is 6.03 Å². The minimum absolute atomic E-state index is 0.0374. The summed E-state index contributed by atoms with van der Waals surface area (Å²) in [6.45, 7) is 3.27. The third-order valence-electron chi connectivity index (χ3n) is 5.59. The second kappa shape index (κ2) is 7.07. The largest absolute Gasteiger partial charge is 0.338 e. The van der Waals surface area contributed by atoms with Crippen LogP contribution in [-0.4, -0.2) is 71.3 Å². The first-order chi connectivity index (χ1) is 12.6. The summed E-state index contributed by atoms with van der Waals surface area (Å²) in [6.07, 6.45) is 1.69. The Kier molecular flexibility index (Phi) is 4.63. The maximum atomic E-state index is 12.8. The van der Waals surface area contributed by atoms with Crippen molar-refractivity contribution in [2.45, 2.75) is 25.4 Å². The molecule has 4 amide bonds. The number of urea groups is 1. The van der Waals surface area contributed by atoms with E-state index in [0.717, 1.165) is 31.5 Å². The van der Waals surface area contributed by atoms with E-state index in [1.54, 1.807) is 9.80 Å². The average molecular weight is 356 g/mol. The molecule has 0 unspecified atom stereocenters. The summed E-state index contributed by atoms with van der Waals surface area (Å²) in [5.74, 6) is -0.0231. The minimum Gasteiger partial charge on any atom is -0.338 e. The first-order valence-electron chi connectivity index (χ1n) is 9.30. The van der Waals surface area contributed by atoms with E-state index in [1.807, 2.05) is 30.3 Å². The van der Waals surface area contributed by atoms with Gasteiger partial charge in [-0.3, -0.25) is 14.5 Å². The number of nitrogens with zero attached hydrogens (tertiary/aromatic N) is 3. The van der Waals surface area contributed by atoms with Crippen molar-refractivity contribution < 1.29 is 14.4 Å². The molecular formula is C19H24N4O3. The summed E-state index contributed by atoms with van der Waals surface area (Å²) in [6, 6.07) is 8.74. The summed E-state index contributed by atoms with van der Waals surface area (Å²) in [5.41, 5.74) is 0.927. The number of piperazine rings is 1. The summed E-state index contributed by atoms with van der Waals surface area (Å²) < 4.78 is 0. The van der Waals surface area contributed by atoms with Crippen molar-refractivity contribution >= 4 is 17.8 Å². The SMILES string of the molecule is O=C(C1CCNCC1)N1CCN2C(=O)N(Cc3ccccc3)C(=O)[C@@H]2C1. The van der Waals surface area contributed by atoms with Crippen molar-refractivity contribution in [1.82, 2.24) is 20.0 Å². The highest BCUT2D eigenvalue weighted by atomic mass is 16.2. The molecular weight excluding hydrogens is 332 g/mol. The molecule has 3 fully saturated rings. The Labute approximate surface area is 152 Å². The third-order valence-corrected chi connectivity index (χ3v) is 5.59. The fourth-order valence-electron chi connectivity index (χ4n) is 4.09. The molecule has 138 valence electrons. The Morgan fingerprint density at radius 3 is 2.54 bits per heavy atom. The van der Waals surface area contributed by atoms with Gasteiger partial charge < -0.3 is 15.1 Å². The highest BCUT2D eigenvalue weighted by Gasteiger charge is 2.48. The minimum atomic E-state index is -0.536. The van der Waals surface area contributed by atoms with Crippen molar-refractivity contribution in [2.24, 2.45) is 5.92 Å². The average Bonchev–Trinajstić information content (AvgIpc) is 2.93. The number of benzene rings is 1. The number of hydrogen-bond acceptors (Lipinski definition) is 4. The molecule has 0 spiro atoms. The lowest BCUT2D eigenvalue weighted by Crippen LogP contribution is -2.56. The van der Waals surface area contributed by atoms with Crippen LogP contribution in [-0.2, 0) is 16.1 Å². The molecule has 7 heteroatoms. The second-order valence-electron chi connectivity index (χ2n) is 7.21. The highest BCUT2D eigenvalue weighted by molar-refractivity contribution is 6.04. The first kappa shape index (κ1) is 17.0. The van der Waals surface area contributed by atoms with Crippen LogP contribution in [0.5, 0.6) is 0 Å². The van der Waals surface area contributed by atoms with Gasteiger partial charge in [0.15, 0.2) is 0 Å². The number of hydrogen-bond donors (Lipinski definition) is 1. The van der Waals surface area contributed by atoms with Gasteiger partial charge in [-0.25, -0.2) is 4.79 Å². The molecule has 4 rings (SSSR count). The maximum absolute atomic E-state index is 12.8. The second-order valence-corrected chi connectivity index (χ2v) is 7.21. The Hall–Kier alpha value is -2.41. The fraction of sp³-hybridized carbons (Fsp3) is 0.526. The topological polar surface area (TPSA) is 73.0 Å². The zero-order valence-electron chi connectivity index (χ0n) is 14.8. The molecule has 7 nitrogen and oxygen atoms in total. The Morgan fingerprint density at radius 1 is 1.08 bits per heavy atom. The predicted octanol–water partition coefficient (Wildman–Crippen LogP) is 0.661. The number of imide groups is 1. The van der Waals surface area contributed by atoms with E-state index < -0.39 is 6.04 Å². The molecule has 0 aliphatic carbocycles. The van der Waals surface area contributed by atoms with Gasteiger partial charge in [0.2, 0.25) is 5.91 Å². The van der Waals surface area contributed by atoms with E-state index in [1.165, 1.54) is 4.90 Å². The standard InChI is InChI=1S/C19H24N4O3/c24-17(15-6-8-20-9-7-15)21-10-11-22-16(13-21)18(25)23(19(22)26)12-14-4-2-1-3-5-14/h1-5,15-16,20H,6-13H2/t16-/m0/s1. The number of fused-ring (bicyclic) bond motifs is 1. The summed E-state index contributed by atoms with van der Waals surface area (Å²) in [5, 5.41) is 3.27. The van der Waals surface area contributed by atoms with Crippen LogP contribution in [0.1, 0.15) is 18.4 Å². The zero-order chi connectivity index (χ0) is 18.1. The van der Waals surface area contributed by atoms with E-state index in [-0.39, 0.29) is 30.3 Å². The van der Waals surface area contributed by atoms with Crippen LogP contribution < -0.4 is 5.32 Å². The number of carbonyl (C=O) groups excluding carboxylic acids is 3. The molecule has 0 bridgehead atoms. The van der Waals surface area contributed by atoms with Crippen LogP contribution in [0.4, 0.5) is 4.79 Å². The van der Waals surface area contributed by atoms with Gasteiger partial charge in [-0.2, -0.15) is 0 Å². The fourth-order valence-corrected chi connectivity index (χ4v) is 4.09. The van der Waals surface area contributed by atoms with Crippen LogP contribution >= 0.6 is 0 Å². The first-order valence-corrected chi connectivity index (χ1v) is 9.30. The highest BCUT2D eigenvalue weighted by Crippen LogP contribution is 2.25. The van der Waals surface area contributed by atoms with Crippen molar-refractivity contribution in [3.63, 3.8) is 0 Å². The number of rotatable bonds is 3. The third kappa shape index (κ3) is 3.07. The number of piperidine rings is 1. The van der Waals surface area contributed by atoms with Gasteiger partial charge in [-0.15, -0.1) is 0 Å². The van der Waals surface area contributed by atoms with E-state index in [0.29, 0.717) is 19.6 Å². The number of amides is 4. The lowest BCUT2D eigenvalue weighted by atomic mass is 9.96. The lowest BCUT2D eigenvalue weighted by Gasteiger charge is -2.37. The molecule has 1 N–H and O–H groups in total. The molecule has 0 aromatic heterocycles. The number of nitrogens with one attached hydrogen (secondary N) is 1. The lowest BCUT2D eigenvalue weighted by molar-refractivity contribution is -0.140. The molecule has 0 saturated carbocycles. The van der Waals surface area contributed by atoms with Crippen LogP contribution in [0.2, 0.25) is 0 Å². The van der Waals surface area contributed by atoms with Crippen LogP contribution in [0.15, 0.2) is 30.3 Å². The summed E-state index contributed by atoms with van der Waals surface area (Å²) in [4.78, 5) is 43.0. The van der Waals surface area contributed by atoms with E-state index in [4.69, 9.17) is 0 Å². The molecule has 0 radical (unpaired) electrons. The molecule has 1 atom stereocenters. The Morgan fingerprint density at radius 2 is 1.81 bits per heavy atom. The smallest absolute Gasteiger partial charge is 0.327 e. The maximum Gasteiger partial charge on any atom is 0.327 e. The van der Waals surface area contributed by atoms with Crippen molar-refractivity contribution in [2.75, 3.05) is 32.7 Å². The van der Waals surface area contributed by atoms with E-state index >= 15 is 0 Å². The van der Waals surface area contributed by atoms with Gasteiger partial charge in [0.1, 0.15) is 6.04 Å².